The molecule has 0 bridgehead atoms. The number of hydrogen-bond acceptors (Lipinski definition) is 4. The minimum absolute atomic E-state index is 0.0627. The molecule has 0 aliphatic carbocycles. The molecule has 0 aromatic heterocycles. The van der Waals surface area contributed by atoms with Crippen LogP contribution in [0.4, 0.5) is 10.1 Å². The molecule has 0 fully saturated rings. The molecule has 15 heavy (non-hydrogen) atoms. The lowest BCUT2D eigenvalue weighted by atomic mass is 10.3. The minimum atomic E-state index is -3.84. The fourth-order valence-electron chi connectivity index (χ4n) is 1.04. The number of sulfonamides is 1. The van der Waals surface area contributed by atoms with Crippen LogP contribution in [0.1, 0.15) is 0 Å². The number of nitrogen functional groups attached to an aromatic ring is 1. The lowest BCUT2D eigenvalue weighted by Gasteiger charge is -2.08. The van der Waals surface area contributed by atoms with Crippen molar-refractivity contribution in [1.29, 1.82) is 0 Å². The van der Waals surface area contributed by atoms with E-state index in [9.17, 15) is 12.8 Å². The van der Waals surface area contributed by atoms with E-state index in [1.54, 1.807) is 0 Å². The van der Waals surface area contributed by atoms with E-state index < -0.39 is 20.7 Å². The number of anilines is 1. The fraction of sp³-hybridized carbons (Fsp3) is 0.250. The average molecular weight is 234 g/mol. The van der Waals surface area contributed by atoms with Gasteiger partial charge in [0, 0.05) is 6.07 Å². The maximum atomic E-state index is 13.3. The van der Waals surface area contributed by atoms with E-state index in [0.717, 1.165) is 12.1 Å². The van der Waals surface area contributed by atoms with Crippen LogP contribution >= 0.6 is 0 Å². The highest BCUT2D eigenvalue weighted by atomic mass is 32.2. The molecule has 3 N–H and O–H groups in total. The Morgan fingerprint density at radius 3 is 2.53 bits per heavy atom. The Bertz CT molecular complexity index is 473. The molecule has 0 aliphatic rings. The van der Waals surface area contributed by atoms with Crippen LogP contribution in [0.15, 0.2) is 17.0 Å². The lowest BCUT2D eigenvalue weighted by molar-refractivity contribution is 0.412. The van der Waals surface area contributed by atoms with Crippen molar-refractivity contribution in [2.24, 2.45) is 0 Å². The predicted molar refractivity (Wildman–Crippen MR) is 53.6 cm³/mol. The Kier molecular flexibility index (Phi) is 3.15. The Morgan fingerprint density at radius 2 is 2.07 bits per heavy atom. The van der Waals surface area contributed by atoms with Crippen molar-refractivity contribution in [1.82, 2.24) is 4.72 Å². The summed E-state index contributed by atoms with van der Waals surface area (Å²) in [5.41, 5.74) is 5.53. The van der Waals surface area contributed by atoms with Crippen molar-refractivity contribution in [3.8, 4) is 5.75 Å². The summed E-state index contributed by atoms with van der Waals surface area (Å²) < 4.78 is 42.7. The van der Waals surface area contributed by atoms with Gasteiger partial charge in [-0.15, -0.1) is 0 Å². The molecule has 0 saturated carbocycles. The van der Waals surface area contributed by atoms with Gasteiger partial charge in [0.1, 0.15) is 16.5 Å². The number of rotatable bonds is 3. The number of hydrogen-bond donors (Lipinski definition) is 2. The zero-order chi connectivity index (χ0) is 11.6. The van der Waals surface area contributed by atoms with Crippen LogP contribution in [-0.4, -0.2) is 22.6 Å². The van der Waals surface area contributed by atoms with Gasteiger partial charge < -0.3 is 10.5 Å². The van der Waals surface area contributed by atoms with Crippen LogP contribution < -0.4 is 15.2 Å². The SMILES string of the molecule is CNS(=O)(=O)c1cc(N)c(OC)cc1F. The highest BCUT2D eigenvalue weighted by Gasteiger charge is 2.19. The molecule has 1 aromatic rings. The number of nitrogens with one attached hydrogen (secondary N) is 1. The van der Waals surface area contributed by atoms with E-state index in [1.165, 1.54) is 14.2 Å². The molecule has 5 nitrogen and oxygen atoms in total. The van der Waals surface area contributed by atoms with Gasteiger partial charge in [0.25, 0.3) is 0 Å². The first-order valence-electron chi connectivity index (χ1n) is 3.99. The predicted octanol–water partition coefficient (Wildman–Crippen LogP) is 0.325. The van der Waals surface area contributed by atoms with Crippen LogP contribution in [0.2, 0.25) is 0 Å². The summed E-state index contributed by atoms with van der Waals surface area (Å²) in [6.45, 7) is 0. The second-order valence-corrected chi connectivity index (χ2v) is 4.59. The first kappa shape index (κ1) is 11.7. The summed E-state index contributed by atoms with van der Waals surface area (Å²) in [6, 6.07) is 1.94. The van der Waals surface area contributed by atoms with Gasteiger partial charge in [0.05, 0.1) is 12.8 Å². The summed E-state index contributed by atoms with van der Waals surface area (Å²) >= 11 is 0. The highest BCUT2D eigenvalue weighted by Crippen LogP contribution is 2.27. The van der Waals surface area contributed by atoms with E-state index in [-0.39, 0.29) is 11.4 Å². The molecule has 1 aromatic carbocycles. The van der Waals surface area contributed by atoms with Gasteiger partial charge in [-0.25, -0.2) is 17.5 Å². The molecule has 0 amide bonds. The molecule has 0 unspecified atom stereocenters. The van der Waals surface area contributed by atoms with Crippen molar-refractivity contribution in [3.05, 3.63) is 17.9 Å². The van der Waals surface area contributed by atoms with Crippen molar-refractivity contribution < 1.29 is 17.5 Å². The van der Waals surface area contributed by atoms with E-state index in [0.29, 0.717) is 0 Å². The molecule has 0 atom stereocenters. The van der Waals surface area contributed by atoms with Gasteiger partial charge in [-0.2, -0.15) is 0 Å². The average Bonchev–Trinajstić information content (AvgIpc) is 2.20. The first-order valence-corrected chi connectivity index (χ1v) is 5.47. The molecule has 84 valence electrons. The Morgan fingerprint density at radius 1 is 1.47 bits per heavy atom. The quantitative estimate of drug-likeness (QED) is 0.738. The van der Waals surface area contributed by atoms with Crippen molar-refractivity contribution in [3.63, 3.8) is 0 Å². The Labute approximate surface area is 87.1 Å². The molecule has 0 spiro atoms. The van der Waals surface area contributed by atoms with Gasteiger partial charge >= 0.3 is 0 Å². The van der Waals surface area contributed by atoms with Crippen LogP contribution in [0.5, 0.6) is 5.75 Å². The summed E-state index contributed by atoms with van der Waals surface area (Å²) in [6.07, 6.45) is 0. The number of ether oxygens (including phenoxy) is 1. The second-order valence-electron chi connectivity index (χ2n) is 2.73. The molecular formula is C8H11FN2O3S. The molecular weight excluding hydrogens is 223 g/mol. The number of nitrogens with two attached hydrogens (primary N) is 1. The highest BCUT2D eigenvalue weighted by molar-refractivity contribution is 7.89. The topological polar surface area (TPSA) is 81.4 Å². The third-order valence-corrected chi connectivity index (χ3v) is 3.27. The third-order valence-electron chi connectivity index (χ3n) is 1.84. The van der Waals surface area contributed by atoms with Crippen molar-refractivity contribution >= 4 is 15.7 Å². The van der Waals surface area contributed by atoms with Crippen LogP contribution in [0.25, 0.3) is 0 Å². The van der Waals surface area contributed by atoms with Crippen LogP contribution in [-0.2, 0) is 10.0 Å². The fourth-order valence-corrected chi connectivity index (χ4v) is 1.86. The lowest BCUT2D eigenvalue weighted by Crippen LogP contribution is -2.20. The maximum absolute atomic E-state index is 13.3. The van der Waals surface area contributed by atoms with Crippen molar-refractivity contribution in [2.75, 3.05) is 19.9 Å². The summed E-state index contributed by atoms with van der Waals surface area (Å²) in [7, 11) is -1.33. The largest absolute Gasteiger partial charge is 0.494 e. The molecule has 0 aliphatic heterocycles. The molecule has 1 rings (SSSR count). The van der Waals surface area contributed by atoms with E-state index in [2.05, 4.69) is 0 Å². The zero-order valence-electron chi connectivity index (χ0n) is 8.24. The van der Waals surface area contributed by atoms with Gasteiger partial charge in [-0.1, -0.05) is 0 Å². The molecule has 7 heteroatoms. The molecule has 0 radical (unpaired) electrons. The van der Waals surface area contributed by atoms with E-state index in [4.69, 9.17) is 10.5 Å². The van der Waals surface area contributed by atoms with Gasteiger partial charge in [0.2, 0.25) is 10.0 Å². The summed E-state index contributed by atoms with van der Waals surface area (Å²) in [5.74, 6) is -0.807. The maximum Gasteiger partial charge on any atom is 0.243 e. The van der Waals surface area contributed by atoms with Crippen LogP contribution in [0, 0.1) is 5.82 Å². The third kappa shape index (κ3) is 2.18. The number of methoxy groups -OCH3 is 1. The minimum Gasteiger partial charge on any atom is -0.494 e. The van der Waals surface area contributed by atoms with E-state index >= 15 is 0 Å². The normalized spacial score (nSPS) is 11.4. The molecule has 0 heterocycles. The van der Waals surface area contributed by atoms with Gasteiger partial charge in [0.15, 0.2) is 0 Å². The number of benzene rings is 1. The first-order chi connectivity index (χ1) is 6.92. The van der Waals surface area contributed by atoms with Gasteiger partial charge in [-0.3, -0.25) is 0 Å². The number of halogens is 1. The smallest absolute Gasteiger partial charge is 0.243 e. The zero-order valence-corrected chi connectivity index (χ0v) is 9.06. The van der Waals surface area contributed by atoms with Crippen molar-refractivity contribution in [2.45, 2.75) is 4.90 Å². The van der Waals surface area contributed by atoms with Crippen LogP contribution in [0.3, 0.4) is 0 Å². The van der Waals surface area contributed by atoms with Gasteiger partial charge in [-0.05, 0) is 13.1 Å². The summed E-state index contributed by atoms with van der Waals surface area (Å²) in [5, 5.41) is 0. The Balaban J connectivity index is 3.41. The van der Waals surface area contributed by atoms with E-state index in [1.807, 2.05) is 4.72 Å². The summed E-state index contributed by atoms with van der Waals surface area (Å²) in [4.78, 5) is -0.497. The molecule has 0 saturated heterocycles. The standard InChI is InChI=1S/C8H11FN2O3S/c1-11-15(12,13)8-4-6(10)7(14-2)3-5(8)9/h3-4,11H,10H2,1-2H3. The Hall–Kier alpha value is -1.34. The second kappa shape index (κ2) is 4.03. The monoisotopic (exact) mass is 234 g/mol.